The predicted octanol–water partition coefficient (Wildman–Crippen LogP) is 2.46. The van der Waals surface area contributed by atoms with E-state index in [1.165, 1.54) is 5.82 Å². The molecule has 0 spiro atoms. The Bertz CT molecular complexity index is 346. The summed E-state index contributed by atoms with van der Waals surface area (Å²) < 4.78 is 15.5. The van der Waals surface area contributed by atoms with Crippen LogP contribution in [0.15, 0.2) is 30.1 Å². The van der Waals surface area contributed by atoms with Crippen LogP contribution in [0.25, 0.3) is 6.08 Å². The first-order chi connectivity index (χ1) is 5.86. The zero-order valence-corrected chi connectivity index (χ0v) is 7.19. The summed E-state index contributed by atoms with van der Waals surface area (Å²) in [5.74, 6) is 2.11. The van der Waals surface area contributed by atoms with Crippen LogP contribution in [0.5, 0.6) is 5.75 Å². The molecule has 0 aliphatic carbocycles. The minimum absolute atomic E-state index is 0.601. The van der Waals surface area contributed by atoms with E-state index < -0.39 is 8.03 Å². The van der Waals surface area contributed by atoms with E-state index in [9.17, 15) is 4.57 Å². The Labute approximate surface area is 70.4 Å². The molecule has 62 valence electrons. The summed E-state index contributed by atoms with van der Waals surface area (Å²) in [5, 5.41) is 0. The molecule has 1 heterocycles. The van der Waals surface area contributed by atoms with Crippen LogP contribution in [0.2, 0.25) is 0 Å². The van der Waals surface area contributed by atoms with Crippen molar-refractivity contribution in [1.29, 1.82) is 0 Å². The highest BCUT2D eigenvalue weighted by molar-refractivity contribution is 7.42. The number of para-hydroxylation sites is 1. The maximum atomic E-state index is 10.9. The fourth-order valence-electron chi connectivity index (χ4n) is 0.966. The van der Waals surface area contributed by atoms with Gasteiger partial charge in [-0.1, -0.05) is 18.2 Å². The number of fused-ring (bicyclic) bond motifs is 1. The molecule has 0 saturated heterocycles. The minimum atomic E-state index is -2.15. The molecule has 0 fully saturated rings. The van der Waals surface area contributed by atoms with Crippen LogP contribution in [-0.2, 0) is 9.24 Å². The molecule has 1 aliphatic heterocycles. The van der Waals surface area contributed by atoms with E-state index in [1.807, 2.05) is 18.2 Å². The predicted molar refractivity (Wildman–Crippen MR) is 46.2 cm³/mol. The Hall–Kier alpha value is -1.05. The first-order valence-corrected chi connectivity index (χ1v) is 4.91. The second-order valence-corrected chi connectivity index (χ2v) is 3.49. The fraction of sp³-hybridized carbons (Fsp3) is 0. The quantitative estimate of drug-likeness (QED) is 0.456. The Morgan fingerprint density at radius 2 is 2.08 bits per heavy atom. The van der Waals surface area contributed by atoms with Crippen molar-refractivity contribution in [2.75, 3.05) is 0 Å². The lowest BCUT2D eigenvalue weighted by Gasteiger charge is -2.01. The van der Waals surface area contributed by atoms with E-state index in [0.29, 0.717) is 5.75 Å². The average Bonchev–Trinajstić information content (AvgIpc) is 2.29. The Morgan fingerprint density at radius 3 is 3.00 bits per heavy atom. The normalized spacial score (nSPS) is 20.8. The van der Waals surface area contributed by atoms with Crippen molar-refractivity contribution in [3.63, 3.8) is 0 Å². The molecule has 0 N–H and O–H groups in total. The second-order valence-electron chi connectivity index (χ2n) is 2.36. The number of hydrogen-bond donors (Lipinski definition) is 0. The molecule has 2 rings (SSSR count). The number of rotatable bonds is 0. The summed E-state index contributed by atoms with van der Waals surface area (Å²) in [6.07, 6.45) is 1.74. The van der Waals surface area contributed by atoms with Gasteiger partial charge in [-0.05, 0) is 12.1 Å². The summed E-state index contributed by atoms with van der Waals surface area (Å²) in [5.41, 5.74) is 0.883. The van der Waals surface area contributed by atoms with E-state index in [-0.39, 0.29) is 0 Å². The maximum Gasteiger partial charge on any atom is 0.258 e. The van der Waals surface area contributed by atoms with Gasteiger partial charge in [-0.25, -0.2) is 0 Å². The molecule has 1 aromatic carbocycles. The average molecular weight is 182 g/mol. The molecular formula is C8H7O3P. The van der Waals surface area contributed by atoms with Crippen LogP contribution >= 0.6 is 8.03 Å². The summed E-state index contributed by atoms with van der Waals surface area (Å²) in [7, 11) is -2.15. The summed E-state index contributed by atoms with van der Waals surface area (Å²) in [4.78, 5) is 4.83. The maximum absolute atomic E-state index is 10.9. The van der Waals surface area contributed by atoms with Gasteiger partial charge < -0.3 is 4.89 Å². The topological polar surface area (TPSA) is 35.5 Å². The Kier molecular flexibility index (Phi) is 1.98. The van der Waals surface area contributed by atoms with Gasteiger partial charge in [0, 0.05) is 11.4 Å². The zero-order valence-electron chi connectivity index (χ0n) is 6.19. The molecule has 0 saturated carbocycles. The fourth-order valence-corrected chi connectivity index (χ4v) is 1.51. The van der Waals surface area contributed by atoms with Gasteiger partial charge in [0.25, 0.3) is 8.03 Å². The Balaban J connectivity index is 2.45. The lowest BCUT2D eigenvalue weighted by atomic mass is 10.2. The molecule has 0 bridgehead atoms. The zero-order chi connectivity index (χ0) is 8.39. The third-order valence-electron chi connectivity index (χ3n) is 1.53. The first kappa shape index (κ1) is 7.59. The molecule has 12 heavy (non-hydrogen) atoms. The summed E-state index contributed by atoms with van der Waals surface area (Å²) in [6.45, 7) is 0. The highest BCUT2D eigenvalue weighted by Gasteiger charge is 2.06. The molecular weight excluding hydrogens is 175 g/mol. The molecule has 0 amide bonds. The van der Waals surface area contributed by atoms with E-state index in [0.717, 1.165) is 5.56 Å². The van der Waals surface area contributed by atoms with E-state index in [2.05, 4.69) is 4.67 Å². The molecule has 1 aromatic rings. The van der Waals surface area contributed by atoms with E-state index >= 15 is 0 Å². The van der Waals surface area contributed by atoms with Crippen LogP contribution in [0, 0.1) is 0 Å². The third kappa shape index (κ3) is 1.42. The lowest BCUT2D eigenvalue weighted by molar-refractivity contribution is -0.0897. The molecule has 0 aromatic heterocycles. The van der Waals surface area contributed by atoms with Gasteiger partial charge in [-0.15, -0.1) is 4.67 Å². The van der Waals surface area contributed by atoms with Crippen LogP contribution in [0.3, 0.4) is 0 Å². The van der Waals surface area contributed by atoms with Crippen molar-refractivity contribution in [2.24, 2.45) is 0 Å². The smallest absolute Gasteiger partial charge is 0.258 e. The van der Waals surface area contributed by atoms with Gasteiger partial charge in [0.05, 0.1) is 0 Å². The lowest BCUT2D eigenvalue weighted by Crippen LogP contribution is -1.88. The molecule has 1 aliphatic rings. The van der Waals surface area contributed by atoms with Crippen LogP contribution < -0.4 is 4.89 Å². The van der Waals surface area contributed by atoms with E-state index in [4.69, 9.17) is 4.89 Å². The molecule has 3 nitrogen and oxygen atoms in total. The largest absolute Gasteiger partial charge is 0.330 e. The molecule has 1 atom stereocenters. The first-order valence-electron chi connectivity index (χ1n) is 3.52. The molecule has 1 unspecified atom stereocenters. The number of hydrogen-bond acceptors (Lipinski definition) is 3. The number of benzene rings is 1. The highest BCUT2D eigenvalue weighted by atomic mass is 31.1. The monoisotopic (exact) mass is 182 g/mol. The van der Waals surface area contributed by atoms with Gasteiger partial charge in [0.1, 0.15) is 0 Å². The minimum Gasteiger partial charge on any atom is -0.330 e. The van der Waals surface area contributed by atoms with Gasteiger partial charge in [-0.3, -0.25) is 4.57 Å². The molecule has 4 heteroatoms. The van der Waals surface area contributed by atoms with Gasteiger partial charge in [0.15, 0.2) is 5.75 Å². The van der Waals surface area contributed by atoms with E-state index in [1.54, 1.807) is 12.1 Å². The van der Waals surface area contributed by atoms with Crippen molar-refractivity contribution in [3.05, 3.63) is 35.6 Å². The van der Waals surface area contributed by atoms with Crippen LogP contribution in [0.1, 0.15) is 5.56 Å². The van der Waals surface area contributed by atoms with Gasteiger partial charge >= 0.3 is 0 Å². The van der Waals surface area contributed by atoms with Crippen molar-refractivity contribution in [2.45, 2.75) is 0 Å². The van der Waals surface area contributed by atoms with Crippen molar-refractivity contribution in [3.8, 4) is 5.75 Å². The van der Waals surface area contributed by atoms with Crippen molar-refractivity contribution in [1.82, 2.24) is 0 Å². The second kappa shape index (κ2) is 3.13. The summed E-state index contributed by atoms with van der Waals surface area (Å²) in [6, 6.07) is 7.35. The van der Waals surface area contributed by atoms with Crippen LogP contribution in [0.4, 0.5) is 0 Å². The van der Waals surface area contributed by atoms with Gasteiger partial charge in [0.2, 0.25) is 0 Å². The highest BCUT2D eigenvalue weighted by Crippen LogP contribution is 2.33. The summed E-state index contributed by atoms with van der Waals surface area (Å²) >= 11 is 0. The molecule has 0 radical (unpaired) electrons. The van der Waals surface area contributed by atoms with Crippen molar-refractivity contribution >= 4 is 14.1 Å². The third-order valence-corrected chi connectivity index (χ3v) is 2.22. The Morgan fingerprint density at radius 1 is 1.25 bits per heavy atom. The van der Waals surface area contributed by atoms with Crippen LogP contribution in [-0.4, -0.2) is 0 Å². The standard InChI is InChI=1S/C8H7O3P/c9-12-6-5-7-3-1-2-4-8(7)10-11-12/h1-6,12H. The van der Waals surface area contributed by atoms with Crippen molar-refractivity contribution < 1.29 is 14.1 Å². The SMILES string of the molecule is O=[PH]1C=Cc2ccccc2OO1. The van der Waals surface area contributed by atoms with Gasteiger partial charge in [-0.2, -0.15) is 0 Å².